The summed E-state index contributed by atoms with van der Waals surface area (Å²) in [5, 5.41) is 4.16. The maximum absolute atomic E-state index is 12.7. The molecule has 7 heteroatoms. The number of rotatable bonds is 3. The van der Waals surface area contributed by atoms with E-state index in [2.05, 4.69) is 10.3 Å². The van der Waals surface area contributed by atoms with E-state index in [1.165, 1.54) is 22.5 Å². The smallest absolute Gasteiger partial charge is 0.261 e. The zero-order valence-electron chi connectivity index (χ0n) is 14.2. The van der Waals surface area contributed by atoms with Gasteiger partial charge in [0.15, 0.2) is 5.13 Å². The van der Waals surface area contributed by atoms with Gasteiger partial charge in [0.05, 0.1) is 15.6 Å². The molecule has 2 heterocycles. The Labute approximate surface area is 154 Å². The molecule has 25 heavy (non-hydrogen) atoms. The topological polar surface area (TPSA) is 71.2 Å². The van der Waals surface area contributed by atoms with E-state index < -0.39 is 0 Å². The third kappa shape index (κ3) is 3.09. The van der Waals surface area contributed by atoms with Crippen LogP contribution in [0.3, 0.4) is 0 Å². The van der Waals surface area contributed by atoms with Crippen LogP contribution >= 0.6 is 22.7 Å². The number of thiophene rings is 1. The van der Waals surface area contributed by atoms with E-state index in [1.54, 1.807) is 11.3 Å². The Kier molecular flexibility index (Phi) is 4.13. The van der Waals surface area contributed by atoms with Crippen LogP contribution in [0.15, 0.2) is 24.3 Å². The average Bonchev–Trinajstić information content (AvgIpc) is 3.13. The van der Waals surface area contributed by atoms with E-state index in [9.17, 15) is 4.79 Å². The van der Waals surface area contributed by atoms with Crippen LogP contribution in [-0.2, 0) is 6.42 Å². The van der Waals surface area contributed by atoms with Gasteiger partial charge in [-0.05, 0) is 48.6 Å². The molecule has 3 N–H and O–H groups in total. The summed E-state index contributed by atoms with van der Waals surface area (Å²) in [7, 11) is 3.95. The minimum atomic E-state index is -0.0173. The third-order valence-electron chi connectivity index (χ3n) is 4.47. The number of carbonyl (C=O) groups is 1. The molecule has 1 unspecified atom stereocenters. The molecule has 1 aliphatic rings. The van der Waals surface area contributed by atoms with Crippen molar-refractivity contribution in [3.05, 3.63) is 40.3 Å². The number of aromatic nitrogens is 1. The highest BCUT2D eigenvalue weighted by Gasteiger charge is 2.23. The molecule has 5 nitrogen and oxygen atoms in total. The van der Waals surface area contributed by atoms with Gasteiger partial charge in [-0.15, -0.1) is 11.3 Å². The summed E-state index contributed by atoms with van der Waals surface area (Å²) in [6.45, 7) is 0. The molecule has 1 atom stereocenters. The van der Waals surface area contributed by atoms with Gasteiger partial charge in [0.25, 0.3) is 5.91 Å². The van der Waals surface area contributed by atoms with Gasteiger partial charge in [0.1, 0.15) is 4.83 Å². The third-order valence-corrected chi connectivity index (χ3v) is 6.80. The molecule has 4 rings (SSSR count). The summed E-state index contributed by atoms with van der Waals surface area (Å²) in [6.07, 6.45) is 3.05. The van der Waals surface area contributed by atoms with E-state index in [0.717, 1.165) is 44.5 Å². The number of nitrogen functional groups attached to an aromatic ring is 1. The van der Waals surface area contributed by atoms with Gasteiger partial charge in [-0.2, -0.15) is 0 Å². The minimum absolute atomic E-state index is 0.0173. The van der Waals surface area contributed by atoms with Crippen LogP contribution in [0.2, 0.25) is 0 Å². The number of carbonyl (C=O) groups excluding carboxylic acids is 1. The normalized spacial score (nSPS) is 16.6. The fourth-order valence-corrected chi connectivity index (χ4v) is 5.28. The predicted molar refractivity (Wildman–Crippen MR) is 106 cm³/mol. The number of anilines is 2. The SMILES string of the molecule is CN(C)c1nc2sc(C(=O)NC3CCCc4cc(N)ccc43)cc2s1. The number of aryl methyl sites for hydroxylation is 1. The lowest BCUT2D eigenvalue weighted by atomic mass is 9.87. The highest BCUT2D eigenvalue weighted by atomic mass is 32.1. The molecule has 0 aliphatic heterocycles. The first-order chi connectivity index (χ1) is 12.0. The lowest BCUT2D eigenvalue weighted by Gasteiger charge is -2.26. The molecule has 0 fully saturated rings. The molecule has 1 aliphatic carbocycles. The first-order valence-electron chi connectivity index (χ1n) is 8.28. The molecule has 130 valence electrons. The van der Waals surface area contributed by atoms with Crippen LogP contribution < -0.4 is 16.0 Å². The molecule has 1 aromatic carbocycles. The molecular formula is C18H20N4OS2. The molecular weight excluding hydrogens is 352 g/mol. The highest BCUT2D eigenvalue weighted by molar-refractivity contribution is 7.29. The molecule has 0 saturated heterocycles. The monoisotopic (exact) mass is 372 g/mol. The first-order valence-corrected chi connectivity index (χ1v) is 9.91. The number of nitrogens with two attached hydrogens (primary N) is 1. The van der Waals surface area contributed by atoms with Crippen molar-refractivity contribution >= 4 is 48.9 Å². The fraction of sp³-hybridized carbons (Fsp3) is 0.333. The van der Waals surface area contributed by atoms with Crippen molar-refractivity contribution in [2.75, 3.05) is 24.7 Å². The summed E-state index contributed by atoms with van der Waals surface area (Å²) in [6, 6.07) is 8.00. The summed E-state index contributed by atoms with van der Waals surface area (Å²) < 4.78 is 1.07. The molecule has 0 saturated carbocycles. The summed E-state index contributed by atoms with van der Waals surface area (Å²) in [5.74, 6) is -0.0173. The number of nitrogens with one attached hydrogen (secondary N) is 1. The second kappa shape index (κ2) is 6.31. The quantitative estimate of drug-likeness (QED) is 0.686. The number of thiazole rings is 1. The molecule has 0 bridgehead atoms. The van der Waals surface area contributed by atoms with Crippen LogP contribution in [0.5, 0.6) is 0 Å². The van der Waals surface area contributed by atoms with E-state index >= 15 is 0 Å². The molecule has 2 aromatic heterocycles. The Morgan fingerprint density at radius 2 is 2.16 bits per heavy atom. The highest BCUT2D eigenvalue weighted by Crippen LogP contribution is 2.35. The average molecular weight is 373 g/mol. The summed E-state index contributed by atoms with van der Waals surface area (Å²) >= 11 is 3.07. The van der Waals surface area contributed by atoms with Crippen molar-refractivity contribution in [2.45, 2.75) is 25.3 Å². The zero-order chi connectivity index (χ0) is 17.6. The Morgan fingerprint density at radius 3 is 2.92 bits per heavy atom. The number of fused-ring (bicyclic) bond motifs is 2. The van der Waals surface area contributed by atoms with Crippen molar-refractivity contribution in [1.29, 1.82) is 0 Å². The van der Waals surface area contributed by atoms with Crippen LogP contribution in [0, 0.1) is 0 Å². The Morgan fingerprint density at radius 1 is 1.32 bits per heavy atom. The largest absolute Gasteiger partial charge is 0.399 e. The van der Waals surface area contributed by atoms with Crippen LogP contribution in [0.4, 0.5) is 10.8 Å². The summed E-state index contributed by atoms with van der Waals surface area (Å²) in [5.41, 5.74) is 9.12. The minimum Gasteiger partial charge on any atom is -0.399 e. The first kappa shape index (κ1) is 16.4. The van der Waals surface area contributed by atoms with Gasteiger partial charge >= 0.3 is 0 Å². The van der Waals surface area contributed by atoms with E-state index in [-0.39, 0.29) is 11.9 Å². The molecule has 0 radical (unpaired) electrons. The molecule has 3 aromatic rings. The predicted octanol–water partition coefficient (Wildman–Crippen LogP) is 3.81. The maximum Gasteiger partial charge on any atom is 0.261 e. The summed E-state index contributed by atoms with van der Waals surface area (Å²) in [4.78, 5) is 20.9. The lowest BCUT2D eigenvalue weighted by Crippen LogP contribution is -2.30. The van der Waals surface area contributed by atoms with E-state index in [0.29, 0.717) is 0 Å². The van der Waals surface area contributed by atoms with Crippen LogP contribution in [-0.4, -0.2) is 25.0 Å². The number of hydrogen-bond acceptors (Lipinski definition) is 6. The lowest BCUT2D eigenvalue weighted by molar-refractivity contribution is 0.0937. The second-order valence-corrected chi connectivity index (χ2v) is 8.59. The van der Waals surface area contributed by atoms with Gasteiger partial charge in [0.2, 0.25) is 0 Å². The molecule has 1 amide bonds. The Bertz CT molecular complexity index is 912. The second-order valence-electron chi connectivity index (χ2n) is 6.55. The van der Waals surface area contributed by atoms with Crippen molar-refractivity contribution in [3.8, 4) is 0 Å². The number of hydrogen-bond donors (Lipinski definition) is 2. The zero-order valence-corrected chi connectivity index (χ0v) is 15.8. The van der Waals surface area contributed by atoms with Crippen molar-refractivity contribution in [2.24, 2.45) is 0 Å². The van der Waals surface area contributed by atoms with Crippen LogP contribution in [0.25, 0.3) is 9.53 Å². The standard InChI is InChI=1S/C18H20N4OS2/c1-22(2)18-21-17-15(25-18)9-14(24-17)16(23)20-13-5-3-4-10-8-11(19)6-7-12(10)13/h6-9,13H,3-5,19H2,1-2H3,(H,20,23). The van der Waals surface area contributed by atoms with Gasteiger partial charge in [-0.1, -0.05) is 17.4 Å². The maximum atomic E-state index is 12.7. The van der Waals surface area contributed by atoms with Gasteiger partial charge in [-0.25, -0.2) is 4.98 Å². The van der Waals surface area contributed by atoms with Crippen molar-refractivity contribution in [1.82, 2.24) is 10.3 Å². The molecule has 0 spiro atoms. The Balaban J connectivity index is 1.55. The van der Waals surface area contributed by atoms with Crippen molar-refractivity contribution < 1.29 is 4.79 Å². The van der Waals surface area contributed by atoms with E-state index in [4.69, 9.17) is 5.73 Å². The number of nitrogens with zero attached hydrogens (tertiary/aromatic N) is 2. The fourth-order valence-electron chi connectivity index (χ4n) is 3.24. The number of benzene rings is 1. The van der Waals surface area contributed by atoms with Gasteiger partial charge in [0, 0.05) is 19.8 Å². The van der Waals surface area contributed by atoms with Crippen molar-refractivity contribution in [3.63, 3.8) is 0 Å². The van der Waals surface area contributed by atoms with E-state index in [1.807, 2.05) is 43.3 Å². The Hall–Kier alpha value is -2.12. The van der Waals surface area contributed by atoms with Gasteiger partial charge < -0.3 is 16.0 Å². The van der Waals surface area contributed by atoms with Crippen LogP contribution in [0.1, 0.15) is 39.7 Å². The van der Waals surface area contributed by atoms with Gasteiger partial charge in [-0.3, -0.25) is 4.79 Å². The number of amides is 1.